The first kappa shape index (κ1) is 23.2. The topological polar surface area (TPSA) is 73.9 Å². The van der Waals surface area contributed by atoms with Crippen LogP contribution in [0.5, 0.6) is 0 Å². The van der Waals surface area contributed by atoms with Gasteiger partial charge in [0.1, 0.15) is 11.9 Å². The summed E-state index contributed by atoms with van der Waals surface area (Å²) in [6.07, 6.45) is -0.642. The Bertz CT molecular complexity index is 1070. The van der Waals surface area contributed by atoms with E-state index in [1.54, 1.807) is 24.3 Å². The molecule has 0 aromatic heterocycles. The summed E-state index contributed by atoms with van der Waals surface area (Å²) in [5.41, 5.74) is 1.51. The lowest BCUT2D eigenvalue weighted by Gasteiger charge is -2.40. The molecule has 0 bridgehead atoms. The average molecular weight is 483 g/mol. The van der Waals surface area contributed by atoms with Gasteiger partial charge in [0.25, 0.3) is 5.92 Å². The molecule has 2 amide bonds. The molecule has 0 saturated carbocycles. The molecule has 1 unspecified atom stereocenters. The molecule has 0 aliphatic carbocycles. The van der Waals surface area contributed by atoms with Gasteiger partial charge in [-0.15, -0.1) is 0 Å². The van der Waals surface area contributed by atoms with E-state index in [-0.39, 0.29) is 23.8 Å². The molecule has 4 rings (SSSR count). The first-order chi connectivity index (χ1) is 15.7. The summed E-state index contributed by atoms with van der Waals surface area (Å²) in [5.74, 6) is -4.41. The second-order valence-corrected chi connectivity index (χ2v) is 8.42. The Balaban J connectivity index is 1.61. The summed E-state index contributed by atoms with van der Waals surface area (Å²) in [7, 11) is 1.16. The first-order valence-corrected chi connectivity index (χ1v) is 10.6. The number of likely N-dealkylation sites (tertiary alicyclic amines) is 1. The van der Waals surface area contributed by atoms with Crippen LogP contribution < -0.4 is 15.5 Å². The lowest BCUT2D eigenvalue weighted by atomic mass is 10.1. The third kappa shape index (κ3) is 4.86. The van der Waals surface area contributed by atoms with Crippen molar-refractivity contribution in [3.63, 3.8) is 0 Å². The number of urea groups is 1. The minimum absolute atomic E-state index is 0.00822. The van der Waals surface area contributed by atoms with Gasteiger partial charge in [-0.1, -0.05) is 23.7 Å². The quantitative estimate of drug-likeness (QED) is 0.639. The number of methoxy groups -OCH3 is 1. The van der Waals surface area contributed by atoms with Crippen LogP contribution >= 0.6 is 11.6 Å². The number of benzene rings is 2. The zero-order valence-corrected chi connectivity index (χ0v) is 18.4. The minimum atomic E-state index is -3.04. The summed E-state index contributed by atoms with van der Waals surface area (Å²) >= 11 is 5.82. The van der Waals surface area contributed by atoms with Gasteiger partial charge in [0.05, 0.1) is 36.1 Å². The molecule has 2 heterocycles. The van der Waals surface area contributed by atoms with E-state index in [1.807, 2.05) is 0 Å². The Kier molecular flexibility index (Phi) is 6.40. The number of hydrogen-bond acceptors (Lipinski definition) is 5. The van der Waals surface area contributed by atoms with Gasteiger partial charge in [0.15, 0.2) is 0 Å². The van der Waals surface area contributed by atoms with Crippen molar-refractivity contribution < 1.29 is 27.5 Å². The summed E-state index contributed by atoms with van der Waals surface area (Å²) in [5, 5.41) is 5.75. The second kappa shape index (κ2) is 9.11. The summed E-state index contributed by atoms with van der Waals surface area (Å²) in [6.45, 7) is -0.340. The van der Waals surface area contributed by atoms with Crippen LogP contribution in [-0.4, -0.2) is 61.7 Å². The van der Waals surface area contributed by atoms with Gasteiger partial charge in [0, 0.05) is 25.2 Å². The smallest absolute Gasteiger partial charge is 0.326 e. The molecular formula is C22H22ClF3N4O3. The number of hydrogen-bond donors (Lipinski definition) is 2. The molecule has 2 aliphatic rings. The number of rotatable bonds is 4. The first-order valence-electron chi connectivity index (χ1n) is 10.3. The van der Waals surface area contributed by atoms with Gasteiger partial charge in [-0.05, 0) is 30.3 Å². The van der Waals surface area contributed by atoms with Crippen molar-refractivity contribution in [3.05, 3.63) is 53.3 Å². The van der Waals surface area contributed by atoms with Crippen molar-refractivity contribution in [2.24, 2.45) is 0 Å². The van der Waals surface area contributed by atoms with Crippen LogP contribution in [0.4, 0.5) is 35.0 Å². The maximum absolute atomic E-state index is 14.1. The number of anilines is 3. The maximum Gasteiger partial charge on any atom is 0.326 e. The third-order valence-corrected chi connectivity index (χ3v) is 6.02. The fourth-order valence-electron chi connectivity index (χ4n) is 4.24. The zero-order chi connectivity index (χ0) is 23.8. The Labute approximate surface area is 193 Å². The third-order valence-electron chi connectivity index (χ3n) is 5.73. The van der Waals surface area contributed by atoms with E-state index in [0.717, 1.165) is 13.2 Å². The second-order valence-electron chi connectivity index (χ2n) is 8.01. The van der Waals surface area contributed by atoms with Gasteiger partial charge < -0.3 is 15.4 Å². The number of ether oxygens (including phenoxy) is 1. The molecule has 7 nitrogen and oxygen atoms in total. The van der Waals surface area contributed by atoms with Gasteiger partial charge >= 0.3 is 12.0 Å². The number of nitrogens with one attached hydrogen (secondary N) is 2. The number of carbonyl (C=O) groups excluding carboxylic acids is 2. The standard InChI is InChI=1S/C22H22ClF3N4O3/c1-33-20(31)19-9-22(25,26)12-29(19)11-14-10-27-17-4-2-3-5-18(17)30(14)21(32)28-13-6-7-16(24)15(23)8-13/h2-8,14,19,27H,9-12H2,1H3,(H,28,32)/t14?,19-/m1/s1. The fourth-order valence-corrected chi connectivity index (χ4v) is 4.42. The Morgan fingerprint density at radius 2 is 2.03 bits per heavy atom. The highest BCUT2D eigenvalue weighted by atomic mass is 35.5. The lowest BCUT2D eigenvalue weighted by Crippen LogP contribution is -2.55. The molecule has 1 fully saturated rings. The molecule has 2 aliphatic heterocycles. The van der Waals surface area contributed by atoms with Crippen molar-refractivity contribution in [2.75, 3.05) is 42.3 Å². The monoisotopic (exact) mass is 482 g/mol. The van der Waals surface area contributed by atoms with Gasteiger partial charge in [-0.25, -0.2) is 18.0 Å². The van der Waals surface area contributed by atoms with Crippen molar-refractivity contribution in [1.29, 1.82) is 0 Å². The van der Waals surface area contributed by atoms with Gasteiger partial charge in [0.2, 0.25) is 0 Å². The van der Waals surface area contributed by atoms with Crippen LogP contribution in [0.15, 0.2) is 42.5 Å². The molecule has 176 valence electrons. The maximum atomic E-state index is 14.1. The minimum Gasteiger partial charge on any atom is -0.468 e. The number of halogens is 4. The Morgan fingerprint density at radius 3 is 2.76 bits per heavy atom. The molecule has 33 heavy (non-hydrogen) atoms. The molecule has 2 N–H and O–H groups in total. The van der Waals surface area contributed by atoms with Crippen LogP contribution in [0.1, 0.15) is 6.42 Å². The largest absolute Gasteiger partial charge is 0.468 e. The van der Waals surface area contributed by atoms with Crippen molar-refractivity contribution in [1.82, 2.24) is 4.90 Å². The van der Waals surface area contributed by atoms with E-state index in [1.165, 1.54) is 21.9 Å². The molecule has 2 atom stereocenters. The molecule has 1 saturated heterocycles. The Morgan fingerprint density at radius 1 is 1.27 bits per heavy atom. The van der Waals surface area contributed by atoms with E-state index in [0.29, 0.717) is 11.4 Å². The number of para-hydroxylation sites is 2. The predicted octanol–water partition coefficient (Wildman–Crippen LogP) is 4.19. The highest BCUT2D eigenvalue weighted by Crippen LogP contribution is 2.36. The van der Waals surface area contributed by atoms with Crippen LogP contribution in [0.3, 0.4) is 0 Å². The number of alkyl halides is 2. The fraction of sp³-hybridized carbons (Fsp3) is 0.364. The molecule has 0 radical (unpaired) electrons. The lowest BCUT2D eigenvalue weighted by molar-refractivity contribution is -0.146. The summed E-state index contributed by atoms with van der Waals surface area (Å²) in [4.78, 5) is 28.2. The highest BCUT2D eigenvalue weighted by molar-refractivity contribution is 6.31. The predicted molar refractivity (Wildman–Crippen MR) is 119 cm³/mol. The SMILES string of the molecule is COC(=O)[C@H]1CC(F)(F)CN1CC1CNc2ccccc2N1C(=O)Nc1ccc(F)c(Cl)c1. The van der Waals surface area contributed by atoms with E-state index in [4.69, 9.17) is 16.3 Å². The summed E-state index contributed by atoms with van der Waals surface area (Å²) < 4.78 is 46.5. The highest BCUT2D eigenvalue weighted by Gasteiger charge is 2.49. The van der Waals surface area contributed by atoms with Gasteiger partial charge in [-0.2, -0.15) is 0 Å². The van der Waals surface area contributed by atoms with Gasteiger partial charge in [-0.3, -0.25) is 14.6 Å². The molecule has 0 spiro atoms. The molecular weight excluding hydrogens is 461 g/mol. The van der Waals surface area contributed by atoms with E-state index in [9.17, 15) is 22.8 Å². The van der Waals surface area contributed by atoms with E-state index >= 15 is 0 Å². The number of nitrogens with zero attached hydrogens (tertiary/aromatic N) is 2. The molecule has 11 heteroatoms. The number of esters is 1. The van der Waals surface area contributed by atoms with E-state index in [2.05, 4.69) is 10.6 Å². The van der Waals surface area contributed by atoms with Crippen molar-refractivity contribution in [2.45, 2.75) is 24.4 Å². The molecule has 2 aromatic rings. The van der Waals surface area contributed by atoms with Crippen LogP contribution in [0.2, 0.25) is 5.02 Å². The van der Waals surface area contributed by atoms with E-state index < -0.39 is 48.8 Å². The van der Waals surface area contributed by atoms with Crippen LogP contribution in [0.25, 0.3) is 0 Å². The number of carbonyl (C=O) groups is 2. The average Bonchev–Trinajstić information content (AvgIpc) is 3.09. The zero-order valence-electron chi connectivity index (χ0n) is 17.7. The van der Waals surface area contributed by atoms with Crippen molar-refractivity contribution >= 4 is 40.7 Å². The van der Waals surface area contributed by atoms with Crippen molar-refractivity contribution in [3.8, 4) is 0 Å². The number of fused-ring (bicyclic) bond motifs is 1. The van der Waals surface area contributed by atoms with Crippen LogP contribution in [-0.2, 0) is 9.53 Å². The Hall–Kier alpha value is -2.98. The summed E-state index contributed by atoms with van der Waals surface area (Å²) in [6, 6.07) is 8.62. The normalized spacial score (nSPS) is 21.8. The number of amides is 2. The molecule has 2 aromatic carbocycles. The van der Waals surface area contributed by atoms with Crippen LogP contribution in [0, 0.1) is 5.82 Å².